The first-order valence-corrected chi connectivity index (χ1v) is 44.7. The van der Waals surface area contributed by atoms with E-state index in [0.29, 0.717) is 51.9 Å². The lowest BCUT2D eigenvalue weighted by Gasteiger charge is -2.33. The van der Waals surface area contributed by atoms with E-state index in [1.807, 2.05) is 54.6 Å². The second-order valence-electron chi connectivity index (χ2n) is 31.5. The predicted molar refractivity (Wildman–Crippen MR) is 502 cm³/mol. The van der Waals surface area contributed by atoms with Gasteiger partial charge in [0.15, 0.2) is 37.1 Å². The average molecular weight is 1780 g/mol. The number of fused-ring (bicyclic) bond motifs is 3. The summed E-state index contributed by atoms with van der Waals surface area (Å²) in [7, 11) is 9.59. The highest BCUT2D eigenvalue weighted by Gasteiger charge is 2.26. The Hall–Kier alpha value is -9.02. The van der Waals surface area contributed by atoms with Gasteiger partial charge in [-0.15, -0.1) is 0 Å². The molecule has 672 valence electrons. The Bertz CT molecular complexity index is 4860. The number of benzene rings is 3. The van der Waals surface area contributed by atoms with Crippen LogP contribution in [0.4, 0.5) is 11.9 Å². The van der Waals surface area contributed by atoms with Crippen LogP contribution in [0.1, 0.15) is 186 Å². The molecule has 0 bridgehead atoms. The summed E-state index contributed by atoms with van der Waals surface area (Å²) in [5, 5.41) is 11.5. The third-order valence-corrected chi connectivity index (χ3v) is 24.6. The second kappa shape index (κ2) is 51.4. The Kier molecular flexibility index (Phi) is 42.3. The standard InChI is InChI=1S/2C30H41ClN6O3.C18H16Cl2N4O3.C13H27N.2CH4/c2*1-5-36(6-2)13-7-9-21-10-8-14-37(19-21)30-33-18-24(31)25(34-30)16-22-11-12-26-23(15-22)17-27(29(39)35(26)4)40-20-28(38)32-3;1-21-16(25)9-27-15-7-11-5-10(3-4-14(11)24(2)17(15)26)6-13-12(19)8-22-18(20)23-13;1-3-14(4-2)12-8-11-13-9-6-5-7-10-13;;/h2*11-12,15,17-18,21H,5-10,13-14,16,19-20H2,1-4H3,(H,32,38);3-5,7-8H,6,9H2,1-2H3,(H,21,25);13H,3-12H2,1-2H3;2*1H4/t2*21-;;;;/m11..../s1. The zero-order valence-electron chi connectivity index (χ0n) is 72.9. The number of aryl methyl sites for hydroxylation is 3. The smallest absolute Gasteiger partial charge is 0.293 e. The van der Waals surface area contributed by atoms with Crippen molar-refractivity contribution in [1.82, 2.24) is 74.3 Å². The number of hydrogen-bond donors (Lipinski definition) is 3. The lowest BCUT2D eigenvalue weighted by molar-refractivity contribution is -0.123. The molecule has 0 spiro atoms. The van der Waals surface area contributed by atoms with Crippen molar-refractivity contribution in [3.63, 3.8) is 0 Å². The molecule has 2 atom stereocenters. The largest absolute Gasteiger partial charge is 0.478 e. The van der Waals surface area contributed by atoms with Crippen molar-refractivity contribution in [2.75, 3.05) is 136 Å². The molecule has 1 saturated carbocycles. The molecule has 3 aromatic carbocycles. The Morgan fingerprint density at radius 2 is 0.732 bits per heavy atom. The number of carbonyl (C=O) groups is 3. The molecule has 2 aliphatic heterocycles. The van der Waals surface area contributed by atoms with E-state index < -0.39 is 0 Å². The number of pyridine rings is 3. The third-order valence-electron chi connectivity index (χ3n) is 23.5. The van der Waals surface area contributed by atoms with Gasteiger partial charge in [0.2, 0.25) is 17.2 Å². The molecule has 123 heavy (non-hydrogen) atoms. The molecule has 1 aliphatic carbocycles. The van der Waals surface area contributed by atoms with Crippen LogP contribution in [0.5, 0.6) is 17.2 Å². The predicted octanol–water partition coefficient (Wildman–Crippen LogP) is 15.4. The molecule has 0 radical (unpaired) electrons. The van der Waals surface area contributed by atoms with Gasteiger partial charge in [-0.05, 0) is 224 Å². The molecule has 0 unspecified atom stereocenters. The molecule has 6 aromatic heterocycles. The highest BCUT2D eigenvalue weighted by Crippen LogP contribution is 2.32. The van der Waals surface area contributed by atoms with Crippen molar-refractivity contribution < 1.29 is 28.6 Å². The fraction of sp³-hybridized carbons (Fsp3) is 0.548. The van der Waals surface area contributed by atoms with Gasteiger partial charge in [-0.1, -0.05) is 142 Å². The van der Waals surface area contributed by atoms with Crippen LogP contribution < -0.4 is 56.6 Å². The molecule has 3 aliphatic rings. The van der Waals surface area contributed by atoms with E-state index in [4.69, 9.17) is 70.6 Å². The van der Waals surface area contributed by atoms with E-state index >= 15 is 0 Å². The van der Waals surface area contributed by atoms with Gasteiger partial charge in [-0.25, -0.2) is 29.9 Å². The molecule has 3 amide bonds. The Morgan fingerprint density at radius 1 is 0.423 bits per heavy atom. The van der Waals surface area contributed by atoms with Crippen LogP contribution in [0.25, 0.3) is 32.7 Å². The van der Waals surface area contributed by atoms with Gasteiger partial charge in [0.25, 0.3) is 34.4 Å². The SMILES string of the molecule is C.C.CCN(CC)CCCC1CCCCC1.CCN(CC)CCC[C@@H]1CCCN(c2ncc(Cl)c(Cc3ccc4c(c3)cc(OCC(=O)NC)c(=O)n4C)n2)C1.CCN(CC)CCC[C@@H]1CCCN(c2ncc(Cl)c(Cc3ccc4c(c3)cc(OCC(=O)NC)c(=O)n4C)n2)C1.CNC(=O)COc1cc2cc(Cc3nc(Cl)ncc3Cl)ccc2n(C)c1=O. The molecule has 30 heteroatoms. The van der Waals surface area contributed by atoms with Gasteiger partial charge in [0.05, 0.1) is 67.3 Å². The van der Waals surface area contributed by atoms with Gasteiger partial charge >= 0.3 is 0 Å². The maximum atomic E-state index is 12.7. The molecule has 9 aromatic rings. The molecular weight excluding hydrogens is 1640 g/mol. The van der Waals surface area contributed by atoms with Crippen molar-refractivity contribution in [1.29, 1.82) is 0 Å². The number of piperidine rings is 2. The van der Waals surface area contributed by atoms with Crippen LogP contribution >= 0.6 is 46.4 Å². The lowest BCUT2D eigenvalue weighted by Crippen LogP contribution is -2.37. The van der Waals surface area contributed by atoms with Crippen molar-refractivity contribution in [2.45, 2.75) is 172 Å². The first-order chi connectivity index (χ1) is 58.4. The highest BCUT2D eigenvalue weighted by molar-refractivity contribution is 6.32. The Morgan fingerprint density at radius 3 is 1.06 bits per heavy atom. The van der Waals surface area contributed by atoms with Crippen molar-refractivity contribution in [3.05, 3.63) is 177 Å². The number of rotatable bonds is 35. The van der Waals surface area contributed by atoms with Gasteiger partial charge in [0, 0.05) is 104 Å². The Labute approximate surface area is 747 Å². The number of hydrogen-bond acceptors (Lipinski definition) is 20. The van der Waals surface area contributed by atoms with Crippen LogP contribution in [0, 0.1) is 17.8 Å². The minimum Gasteiger partial charge on any atom is -0.478 e. The molecule has 2 saturated heterocycles. The summed E-state index contributed by atoms with van der Waals surface area (Å²) < 4.78 is 20.9. The number of halogens is 4. The molecule has 3 fully saturated rings. The third kappa shape index (κ3) is 29.8. The first-order valence-electron chi connectivity index (χ1n) is 43.1. The summed E-state index contributed by atoms with van der Waals surface area (Å²) in [5.41, 5.74) is 6.48. The number of aromatic nitrogens is 9. The van der Waals surface area contributed by atoms with Crippen LogP contribution in [-0.2, 0) is 54.8 Å². The van der Waals surface area contributed by atoms with Gasteiger partial charge < -0.3 is 68.4 Å². The summed E-state index contributed by atoms with van der Waals surface area (Å²) in [5.74, 6) is 3.30. The van der Waals surface area contributed by atoms with Gasteiger partial charge in [-0.2, -0.15) is 0 Å². The summed E-state index contributed by atoms with van der Waals surface area (Å²) in [6, 6.07) is 22.4. The van der Waals surface area contributed by atoms with E-state index in [2.05, 4.69) is 102 Å². The molecule has 26 nitrogen and oxygen atoms in total. The molecule has 12 rings (SSSR count). The molecular formula is C93H133Cl4N17O9. The maximum Gasteiger partial charge on any atom is 0.293 e. The number of carbonyl (C=O) groups excluding carboxylic acids is 3. The van der Waals surface area contributed by atoms with Crippen LogP contribution in [0.15, 0.2) is 106 Å². The van der Waals surface area contributed by atoms with Crippen molar-refractivity contribution in [3.8, 4) is 17.2 Å². The van der Waals surface area contributed by atoms with Crippen LogP contribution in [-0.4, -0.2) is 202 Å². The van der Waals surface area contributed by atoms with Gasteiger partial charge in [0.1, 0.15) is 0 Å². The summed E-state index contributed by atoms with van der Waals surface area (Å²) in [6.45, 7) is 27.1. The monoisotopic (exact) mass is 1770 g/mol. The van der Waals surface area contributed by atoms with E-state index in [1.54, 1.807) is 51.7 Å². The zero-order valence-corrected chi connectivity index (χ0v) is 75.9. The number of likely N-dealkylation sites (N-methyl/N-ethyl adjacent to an activating group) is 3. The lowest BCUT2D eigenvalue weighted by atomic mass is 9.86. The number of anilines is 2. The minimum atomic E-state index is -0.318. The fourth-order valence-corrected chi connectivity index (χ4v) is 16.7. The summed E-state index contributed by atoms with van der Waals surface area (Å²) in [6.07, 6.45) is 26.5. The van der Waals surface area contributed by atoms with Crippen LogP contribution in [0.2, 0.25) is 20.4 Å². The fourth-order valence-electron chi connectivity index (χ4n) is 16.1. The zero-order chi connectivity index (χ0) is 87.1. The highest BCUT2D eigenvalue weighted by atomic mass is 35.5. The number of nitrogens with one attached hydrogen (secondary N) is 3. The second-order valence-corrected chi connectivity index (χ2v) is 33.1. The maximum absolute atomic E-state index is 12.7. The topological polar surface area (TPSA) is 275 Å². The summed E-state index contributed by atoms with van der Waals surface area (Å²) >= 11 is 25.1. The molecule has 8 heterocycles. The number of amides is 3. The van der Waals surface area contributed by atoms with E-state index in [9.17, 15) is 28.8 Å². The van der Waals surface area contributed by atoms with Gasteiger partial charge in [-0.3, -0.25) is 28.8 Å². The van der Waals surface area contributed by atoms with E-state index in [-0.39, 0.29) is 91.6 Å². The van der Waals surface area contributed by atoms with E-state index in [1.165, 1.54) is 144 Å². The minimum absolute atomic E-state index is 0. The number of ether oxygens (including phenoxy) is 3. The van der Waals surface area contributed by atoms with Crippen LogP contribution in [0.3, 0.4) is 0 Å². The summed E-state index contributed by atoms with van der Waals surface area (Å²) in [4.78, 5) is 111. The quantitative estimate of drug-likeness (QED) is 0.0311. The number of nitrogens with zero attached hydrogens (tertiary/aromatic N) is 14. The Balaban J connectivity index is 0.000000237. The van der Waals surface area contributed by atoms with E-state index in [0.717, 1.165) is 157 Å². The van der Waals surface area contributed by atoms with Crippen molar-refractivity contribution >= 4 is 109 Å². The normalized spacial score (nSPS) is 14.7. The first kappa shape index (κ1) is 101. The van der Waals surface area contributed by atoms with Crippen molar-refractivity contribution in [2.24, 2.45) is 38.9 Å². The average Bonchev–Trinajstić information content (AvgIpc) is 0.793. The molecule has 3 N–H and O–H groups in total.